The molecular formula is C16H18F2N2. The van der Waals surface area contributed by atoms with Gasteiger partial charge in [-0.05, 0) is 38.0 Å². The molecule has 1 saturated carbocycles. The van der Waals surface area contributed by atoms with Crippen molar-refractivity contribution in [2.75, 3.05) is 11.9 Å². The minimum absolute atomic E-state index is 0.144. The van der Waals surface area contributed by atoms with E-state index >= 15 is 0 Å². The molecule has 2 nitrogen and oxygen atoms in total. The Balaban J connectivity index is 2.21. The topological polar surface area (TPSA) is 24.9 Å². The number of anilines is 1. The van der Waals surface area contributed by atoms with E-state index in [-0.39, 0.29) is 10.9 Å². The van der Waals surface area contributed by atoms with Crippen molar-refractivity contribution in [3.63, 3.8) is 0 Å². The molecular weight excluding hydrogens is 258 g/mol. The summed E-state index contributed by atoms with van der Waals surface area (Å²) in [6, 6.07) is 4.21. The van der Waals surface area contributed by atoms with Gasteiger partial charge in [-0.2, -0.15) is 0 Å². The van der Waals surface area contributed by atoms with E-state index in [2.05, 4.69) is 10.3 Å². The van der Waals surface area contributed by atoms with Crippen LogP contribution in [-0.4, -0.2) is 11.5 Å². The van der Waals surface area contributed by atoms with Crippen molar-refractivity contribution in [2.45, 2.75) is 38.5 Å². The first-order valence-electron chi connectivity index (χ1n) is 7.23. The molecule has 1 fully saturated rings. The van der Waals surface area contributed by atoms with Crippen molar-refractivity contribution >= 4 is 16.6 Å². The molecule has 0 spiro atoms. The number of pyridine rings is 1. The molecule has 0 atom stereocenters. The highest BCUT2D eigenvalue weighted by atomic mass is 19.1. The van der Waals surface area contributed by atoms with E-state index < -0.39 is 11.6 Å². The van der Waals surface area contributed by atoms with E-state index in [4.69, 9.17) is 0 Å². The van der Waals surface area contributed by atoms with Crippen molar-refractivity contribution < 1.29 is 8.78 Å². The van der Waals surface area contributed by atoms with Crippen molar-refractivity contribution in [3.05, 3.63) is 35.5 Å². The summed E-state index contributed by atoms with van der Waals surface area (Å²) in [6.45, 7) is 2.61. The molecule has 3 rings (SSSR count). The highest BCUT2D eigenvalue weighted by molar-refractivity contribution is 5.92. The summed E-state index contributed by atoms with van der Waals surface area (Å²) in [4.78, 5) is 4.41. The fraction of sp³-hybridized carbons (Fsp3) is 0.438. The molecule has 0 unspecified atom stereocenters. The van der Waals surface area contributed by atoms with Gasteiger partial charge in [0, 0.05) is 23.8 Å². The average Bonchev–Trinajstić information content (AvgIpc) is 2.97. The van der Waals surface area contributed by atoms with Gasteiger partial charge in [-0.25, -0.2) is 13.8 Å². The Bertz CT molecular complexity index is 634. The standard InChI is InChI=1S/C16H18F2N2/c1-2-19-14-9-13(10-5-3-4-6-10)20-16-12(18)8-7-11(17)15(14)16/h7-10H,2-6H2,1H3,(H,19,20). The molecule has 4 heteroatoms. The summed E-state index contributed by atoms with van der Waals surface area (Å²) in [5.41, 5.74) is 1.68. The largest absolute Gasteiger partial charge is 0.385 e. The first-order valence-corrected chi connectivity index (χ1v) is 7.23. The lowest BCUT2D eigenvalue weighted by Gasteiger charge is -2.15. The Hall–Kier alpha value is -1.71. The summed E-state index contributed by atoms with van der Waals surface area (Å²) in [5.74, 6) is -0.511. The van der Waals surface area contributed by atoms with Crippen LogP contribution in [0, 0.1) is 11.6 Å². The Morgan fingerprint density at radius 1 is 1.20 bits per heavy atom. The molecule has 20 heavy (non-hydrogen) atoms. The van der Waals surface area contributed by atoms with Crippen molar-refractivity contribution in [1.29, 1.82) is 0 Å². The number of hydrogen-bond donors (Lipinski definition) is 1. The fourth-order valence-corrected chi connectivity index (χ4v) is 3.05. The van der Waals surface area contributed by atoms with Gasteiger partial charge in [-0.15, -0.1) is 0 Å². The maximum absolute atomic E-state index is 14.0. The van der Waals surface area contributed by atoms with Crippen LogP contribution in [0.5, 0.6) is 0 Å². The smallest absolute Gasteiger partial charge is 0.149 e. The summed E-state index contributed by atoms with van der Waals surface area (Å²) in [5, 5.41) is 3.39. The van der Waals surface area contributed by atoms with E-state index in [0.29, 0.717) is 18.2 Å². The predicted molar refractivity (Wildman–Crippen MR) is 77.0 cm³/mol. The van der Waals surface area contributed by atoms with Gasteiger partial charge in [-0.3, -0.25) is 0 Å². The molecule has 0 saturated heterocycles. The Kier molecular flexibility index (Phi) is 3.55. The lowest BCUT2D eigenvalue weighted by Crippen LogP contribution is -2.05. The van der Waals surface area contributed by atoms with Crippen LogP contribution in [0.4, 0.5) is 14.5 Å². The highest BCUT2D eigenvalue weighted by Gasteiger charge is 2.21. The Morgan fingerprint density at radius 3 is 2.60 bits per heavy atom. The first kappa shape index (κ1) is 13.3. The second-order valence-electron chi connectivity index (χ2n) is 5.36. The van der Waals surface area contributed by atoms with E-state index in [1.807, 2.05) is 13.0 Å². The molecule has 1 aliphatic rings. The predicted octanol–water partition coefficient (Wildman–Crippen LogP) is 4.60. The maximum Gasteiger partial charge on any atom is 0.149 e. The van der Waals surface area contributed by atoms with Crippen LogP contribution >= 0.6 is 0 Å². The van der Waals surface area contributed by atoms with Gasteiger partial charge in [0.1, 0.15) is 17.2 Å². The zero-order valence-electron chi connectivity index (χ0n) is 11.5. The molecule has 0 amide bonds. The average molecular weight is 276 g/mol. The molecule has 1 aliphatic carbocycles. The summed E-state index contributed by atoms with van der Waals surface area (Å²) < 4.78 is 28.0. The normalized spacial score (nSPS) is 15.9. The fourth-order valence-electron chi connectivity index (χ4n) is 3.05. The SMILES string of the molecule is CCNc1cc(C2CCCC2)nc2c(F)ccc(F)c12. The second-order valence-corrected chi connectivity index (χ2v) is 5.36. The monoisotopic (exact) mass is 276 g/mol. The van der Waals surface area contributed by atoms with Gasteiger partial charge in [0.25, 0.3) is 0 Å². The van der Waals surface area contributed by atoms with Gasteiger partial charge >= 0.3 is 0 Å². The van der Waals surface area contributed by atoms with E-state index in [1.54, 1.807) is 0 Å². The molecule has 1 aromatic heterocycles. The zero-order chi connectivity index (χ0) is 14.1. The van der Waals surface area contributed by atoms with Crippen LogP contribution in [0.1, 0.15) is 44.2 Å². The minimum Gasteiger partial charge on any atom is -0.385 e. The molecule has 1 heterocycles. The van der Waals surface area contributed by atoms with Crippen molar-refractivity contribution in [3.8, 4) is 0 Å². The minimum atomic E-state index is -0.458. The molecule has 0 radical (unpaired) electrons. The number of halogens is 2. The van der Waals surface area contributed by atoms with Crippen LogP contribution in [-0.2, 0) is 0 Å². The first-order chi connectivity index (χ1) is 9.70. The Labute approximate surface area is 117 Å². The van der Waals surface area contributed by atoms with Crippen molar-refractivity contribution in [2.24, 2.45) is 0 Å². The zero-order valence-corrected chi connectivity index (χ0v) is 11.5. The van der Waals surface area contributed by atoms with E-state index in [0.717, 1.165) is 30.7 Å². The lowest BCUT2D eigenvalue weighted by atomic mass is 10.0. The highest BCUT2D eigenvalue weighted by Crippen LogP contribution is 2.37. The van der Waals surface area contributed by atoms with Crippen LogP contribution in [0.25, 0.3) is 10.9 Å². The van der Waals surface area contributed by atoms with Crippen LogP contribution in [0.2, 0.25) is 0 Å². The number of fused-ring (bicyclic) bond motifs is 1. The number of benzene rings is 1. The van der Waals surface area contributed by atoms with Gasteiger partial charge in [0.2, 0.25) is 0 Å². The third-order valence-electron chi connectivity index (χ3n) is 4.02. The molecule has 0 aliphatic heterocycles. The third kappa shape index (κ3) is 2.23. The number of rotatable bonds is 3. The summed E-state index contributed by atoms with van der Waals surface area (Å²) in [6.07, 6.45) is 4.54. The van der Waals surface area contributed by atoms with Crippen LogP contribution < -0.4 is 5.32 Å². The molecule has 0 bridgehead atoms. The number of nitrogens with zero attached hydrogens (tertiary/aromatic N) is 1. The van der Waals surface area contributed by atoms with Gasteiger partial charge < -0.3 is 5.32 Å². The molecule has 1 N–H and O–H groups in total. The number of aromatic nitrogens is 1. The van der Waals surface area contributed by atoms with Gasteiger partial charge in [-0.1, -0.05) is 12.8 Å². The van der Waals surface area contributed by atoms with E-state index in [9.17, 15) is 8.78 Å². The quantitative estimate of drug-likeness (QED) is 0.886. The Morgan fingerprint density at radius 2 is 1.90 bits per heavy atom. The second kappa shape index (κ2) is 5.35. The summed E-state index contributed by atoms with van der Waals surface area (Å²) in [7, 11) is 0. The number of hydrogen-bond acceptors (Lipinski definition) is 2. The van der Waals surface area contributed by atoms with Gasteiger partial charge in [0.05, 0.1) is 5.39 Å². The summed E-state index contributed by atoms with van der Waals surface area (Å²) >= 11 is 0. The molecule has 106 valence electrons. The van der Waals surface area contributed by atoms with Crippen LogP contribution in [0.15, 0.2) is 18.2 Å². The third-order valence-corrected chi connectivity index (χ3v) is 4.02. The maximum atomic E-state index is 14.0. The molecule has 1 aromatic carbocycles. The van der Waals surface area contributed by atoms with Crippen molar-refractivity contribution in [1.82, 2.24) is 4.98 Å². The molecule has 2 aromatic rings. The lowest BCUT2D eigenvalue weighted by molar-refractivity contribution is 0.613. The van der Waals surface area contributed by atoms with Gasteiger partial charge in [0.15, 0.2) is 0 Å². The number of nitrogens with one attached hydrogen (secondary N) is 1. The van der Waals surface area contributed by atoms with E-state index in [1.165, 1.54) is 12.8 Å². The van der Waals surface area contributed by atoms with Crippen LogP contribution in [0.3, 0.4) is 0 Å².